The van der Waals surface area contributed by atoms with E-state index in [2.05, 4.69) is 13.8 Å². The van der Waals surface area contributed by atoms with Gasteiger partial charge in [-0.3, -0.25) is 9.59 Å². The summed E-state index contributed by atoms with van der Waals surface area (Å²) in [6.45, 7) is 5.52. The number of carbonyl (C=O) groups is 2. The van der Waals surface area contributed by atoms with Gasteiger partial charge in [0, 0.05) is 18.3 Å². The molecule has 3 heteroatoms. The molecular weight excluding hydrogens is 288 g/mol. The Labute approximate surface area is 139 Å². The number of hydrogen-bond donors (Lipinski definition) is 0. The molecule has 4 fully saturated rings. The number of carbonyl (C=O) groups excluding carboxylic acids is 2. The Morgan fingerprint density at radius 3 is 2.57 bits per heavy atom. The summed E-state index contributed by atoms with van der Waals surface area (Å²) in [7, 11) is 0. The van der Waals surface area contributed by atoms with Gasteiger partial charge in [-0.2, -0.15) is 0 Å². The number of hydrogen-bond acceptors (Lipinski definition) is 3. The lowest BCUT2D eigenvalue weighted by Crippen LogP contribution is -2.54. The van der Waals surface area contributed by atoms with E-state index in [1.54, 1.807) is 0 Å². The molecule has 4 aliphatic rings. The predicted molar refractivity (Wildman–Crippen MR) is 87.7 cm³/mol. The lowest BCUT2D eigenvalue weighted by molar-refractivity contribution is -0.153. The smallest absolute Gasteiger partial charge is 0.293 e. The molecule has 0 bridgehead atoms. The highest BCUT2D eigenvalue weighted by Crippen LogP contribution is 2.66. The first kappa shape index (κ1) is 15.7. The van der Waals surface area contributed by atoms with E-state index in [9.17, 15) is 9.59 Å². The Morgan fingerprint density at radius 1 is 1.00 bits per heavy atom. The molecule has 0 unspecified atom stereocenters. The minimum atomic E-state index is 0.129. The molecule has 0 heterocycles. The largest absolute Gasteiger partial charge is 0.464 e. The zero-order valence-corrected chi connectivity index (χ0v) is 14.6. The van der Waals surface area contributed by atoms with Crippen LogP contribution in [0.15, 0.2) is 0 Å². The SMILES string of the molecule is C[C@]12CCC(=O)C[C@@H]1CC[C@H]1[C@H]3CC[C@@H](OC=O)[C@]3(C)CC[C@@H]12. The van der Waals surface area contributed by atoms with Crippen LogP contribution in [0, 0.1) is 34.5 Å². The third-order valence-corrected chi connectivity index (χ3v) is 8.61. The van der Waals surface area contributed by atoms with E-state index in [0.29, 0.717) is 29.5 Å². The summed E-state index contributed by atoms with van der Waals surface area (Å²) in [5, 5.41) is 0. The summed E-state index contributed by atoms with van der Waals surface area (Å²) in [6, 6.07) is 0. The molecule has 0 N–H and O–H groups in total. The second kappa shape index (κ2) is 5.32. The van der Waals surface area contributed by atoms with Gasteiger partial charge in [0.25, 0.3) is 6.47 Å². The average molecular weight is 318 g/mol. The summed E-state index contributed by atoms with van der Waals surface area (Å²) in [6.07, 6.45) is 10.1. The second-order valence-corrected chi connectivity index (χ2v) is 9.24. The Kier molecular flexibility index (Phi) is 3.62. The molecule has 0 aromatic carbocycles. The van der Waals surface area contributed by atoms with Crippen LogP contribution in [0.1, 0.15) is 71.6 Å². The van der Waals surface area contributed by atoms with Crippen molar-refractivity contribution in [1.29, 1.82) is 0 Å². The van der Waals surface area contributed by atoms with Crippen LogP contribution >= 0.6 is 0 Å². The molecule has 4 aliphatic carbocycles. The predicted octanol–water partition coefficient (Wildman–Crippen LogP) is 4.14. The van der Waals surface area contributed by atoms with Crippen molar-refractivity contribution in [1.82, 2.24) is 0 Å². The fourth-order valence-corrected chi connectivity index (χ4v) is 7.29. The van der Waals surface area contributed by atoms with Crippen molar-refractivity contribution >= 4 is 12.3 Å². The Balaban J connectivity index is 1.60. The van der Waals surface area contributed by atoms with Crippen LogP contribution in [0.5, 0.6) is 0 Å². The van der Waals surface area contributed by atoms with Crippen molar-refractivity contribution in [2.24, 2.45) is 34.5 Å². The Morgan fingerprint density at radius 2 is 1.78 bits per heavy atom. The molecule has 4 rings (SSSR count). The summed E-state index contributed by atoms with van der Waals surface area (Å²) >= 11 is 0. The maximum absolute atomic E-state index is 11.9. The average Bonchev–Trinajstić information content (AvgIpc) is 2.85. The van der Waals surface area contributed by atoms with Crippen LogP contribution in [0.2, 0.25) is 0 Å². The highest BCUT2D eigenvalue weighted by atomic mass is 16.5. The van der Waals surface area contributed by atoms with Crippen molar-refractivity contribution in [2.75, 3.05) is 0 Å². The third-order valence-electron chi connectivity index (χ3n) is 8.61. The van der Waals surface area contributed by atoms with E-state index in [-0.39, 0.29) is 11.5 Å². The summed E-state index contributed by atoms with van der Waals surface area (Å²) in [5.74, 6) is 3.39. The highest BCUT2D eigenvalue weighted by Gasteiger charge is 2.60. The van der Waals surface area contributed by atoms with E-state index in [4.69, 9.17) is 4.74 Å². The number of rotatable bonds is 2. The van der Waals surface area contributed by atoms with Crippen LogP contribution in [-0.4, -0.2) is 18.4 Å². The minimum Gasteiger partial charge on any atom is -0.464 e. The summed E-state index contributed by atoms with van der Waals surface area (Å²) < 4.78 is 5.48. The Hall–Kier alpha value is -0.860. The fraction of sp³-hybridized carbons (Fsp3) is 0.900. The van der Waals surface area contributed by atoms with Gasteiger partial charge in [0.15, 0.2) is 0 Å². The van der Waals surface area contributed by atoms with E-state index in [1.165, 1.54) is 32.1 Å². The van der Waals surface area contributed by atoms with Gasteiger partial charge in [0.1, 0.15) is 11.9 Å². The lowest BCUT2D eigenvalue weighted by Gasteiger charge is -2.60. The van der Waals surface area contributed by atoms with Crippen molar-refractivity contribution < 1.29 is 14.3 Å². The molecule has 3 nitrogen and oxygen atoms in total. The first-order valence-corrected chi connectivity index (χ1v) is 9.60. The molecule has 128 valence electrons. The summed E-state index contributed by atoms with van der Waals surface area (Å²) in [4.78, 5) is 22.8. The molecule has 0 aromatic heterocycles. The molecule has 7 atom stereocenters. The van der Waals surface area contributed by atoms with Crippen LogP contribution in [0.4, 0.5) is 0 Å². The van der Waals surface area contributed by atoms with Crippen molar-refractivity contribution in [3.63, 3.8) is 0 Å². The van der Waals surface area contributed by atoms with E-state index >= 15 is 0 Å². The number of fused-ring (bicyclic) bond motifs is 5. The van der Waals surface area contributed by atoms with Gasteiger partial charge in [-0.05, 0) is 74.0 Å². The van der Waals surface area contributed by atoms with Gasteiger partial charge < -0.3 is 4.74 Å². The first-order valence-electron chi connectivity index (χ1n) is 9.60. The maximum Gasteiger partial charge on any atom is 0.293 e. The first-order chi connectivity index (χ1) is 11.0. The molecule has 0 spiro atoms. The minimum absolute atomic E-state index is 0.129. The highest BCUT2D eigenvalue weighted by molar-refractivity contribution is 5.79. The Bertz CT molecular complexity index is 515. The number of ether oxygens (including phenoxy) is 1. The summed E-state index contributed by atoms with van der Waals surface area (Å²) in [5.41, 5.74) is 0.567. The van der Waals surface area contributed by atoms with Gasteiger partial charge in [-0.25, -0.2) is 0 Å². The standard InChI is InChI=1S/C20H30O3/c1-19-9-7-14(22)11-13(19)3-4-15-16-5-6-18(23-12-21)20(16,2)10-8-17(15)19/h12-13,15-18H,3-11H2,1-2H3/t13-,15-,16+,17-,18+,19-,20+/m0/s1. The molecule has 0 radical (unpaired) electrons. The molecule has 4 saturated carbocycles. The van der Waals surface area contributed by atoms with Crippen LogP contribution in [0.3, 0.4) is 0 Å². The van der Waals surface area contributed by atoms with E-state index in [0.717, 1.165) is 37.5 Å². The zero-order valence-electron chi connectivity index (χ0n) is 14.6. The quantitative estimate of drug-likeness (QED) is 0.719. The van der Waals surface area contributed by atoms with E-state index < -0.39 is 0 Å². The molecule has 0 saturated heterocycles. The van der Waals surface area contributed by atoms with Crippen LogP contribution < -0.4 is 0 Å². The van der Waals surface area contributed by atoms with Gasteiger partial charge in [-0.1, -0.05) is 13.8 Å². The van der Waals surface area contributed by atoms with Gasteiger partial charge in [-0.15, -0.1) is 0 Å². The molecular formula is C20H30O3. The van der Waals surface area contributed by atoms with Crippen molar-refractivity contribution in [3.05, 3.63) is 0 Å². The maximum atomic E-state index is 11.9. The molecule has 0 amide bonds. The normalized spacial score (nSPS) is 52.3. The van der Waals surface area contributed by atoms with Crippen molar-refractivity contribution in [3.8, 4) is 0 Å². The van der Waals surface area contributed by atoms with Gasteiger partial charge >= 0.3 is 0 Å². The molecule has 0 aliphatic heterocycles. The number of Topliss-reactive ketones (excluding diaryl/α,β-unsaturated/α-hetero) is 1. The topological polar surface area (TPSA) is 43.4 Å². The fourth-order valence-electron chi connectivity index (χ4n) is 7.29. The second-order valence-electron chi connectivity index (χ2n) is 9.24. The lowest BCUT2D eigenvalue weighted by atomic mass is 9.45. The zero-order chi connectivity index (χ0) is 16.2. The molecule has 23 heavy (non-hydrogen) atoms. The number of ketones is 1. The van der Waals surface area contributed by atoms with Crippen LogP contribution in [-0.2, 0) is 14.3 Å². The van der Waals surface area contributed by atoms with E-state index in [1.807, 2.05) is 0 Å². The van der Waals surface area contributed by atoms with Crippen LogP contribution in [0.25, 0.3) is 0 Å². The van der Waals surface area contributed by atoms with Gasteiger partial charge in [0.05, 0.1) is 0 Å². The molecule has 0 aromatic rings. The van der Waals surface area contributed by atoms with Gasteiger partial charge in [0.2, 0.25) is 0 Å². The third kappa shape index (κ3) is 2.14. The van der Waals surface area contributed by atoms with Crippen molar-refractivity contribution in [2.45, 2.75) is 77.7 Å². The monoisotopic (exact) mass is 318 g/mol.